The van der Waals surface area contributed by atoms with Crippen LogP contribution >= 0.6 is 15.9 Å². The Bertz CT molecular complexity index is 384. The van der Waals surface area contributed by atoms with Crippen LogP contribution in [0.2, 0.25) is 0 Å². The van der Waals surface area contributed by atoms with Gasteiger partial charge in [0.1, 0.15) is 5.82 Å². The molecule has 2 rings (SSSR count). The van der Waals surface area contributed by atoms with Gasteiger partial charge in [-0.3, -0.25) is 4.90 Å². The smallest absolute Gasteiger partial charge is 0.137 e. The van der Waals surface area contributed by atoms with Crippen LogP contribution in [0.1, 0.15) is 18.9 Å². The van der Waals surface area contributed by atoms with Crippen LogP contribution in [0.5, 0.6) is 0 Å². The van der Waals surface area contributed by atoms with Gasteiger partial charge in [-0.1, -0.05) is 13.0 Å². The quantitative estimate of drug-likeness (QED) is 0.923. The Balaban J connectivity index is 2.05. The zero-order chi connectivity index (χ0) is 12.3. The summed E-state index contributed by atoms with van der Waals surface area (Å²) in [4.78, 5) is 2.47. The molecule has 1 N–H and O–H groups in total. The maximum Gasteiger partial charge on any atom is 0.137 e. The molecule has 0 amide bonds. The largest absolute Gasteiger partial charge is 0.314 e. The number of rotatable bonds is 3. The third-order valence-corrected chi connectivity index (χ3v) is 3.92. The minimum atomic E-state index is -0.193. The molecule has 4 heteroatoms. The van der Waals surface area contributed by atoms with Crippen molar-refractivity contribution < 1.29 is 4.39 Å². The molecule has 1 aliphatic rings. The molecule has 1 fully saturated rings. The Morgan fingerprint density at radius 2 is 2.35 bits per heavy atom. The zero-order valence-corrected chi connectivity index (χ0v) is 11.6. The summed E-state index contributed by atoms with van der Waals surface area (Å²) >= 11 is 3.24. The van der Waals surface area contributed by atoms with Crippen LogP contribution in [-0.2, 0) is 6.54 Å². The number of hydrogen-bond acceptors (Lipinski definition) is 2. The SMILES string of the molecule is CCC1CNCCN1Cc1ccc(F)c(Br)c1. The average molecular weight is 301 g/mol. The van der Waals surface area contributed by atoms with E-state index in [0.29, 0.717) is 10.5 Å². The molecule has 0 aromatic heterocycles. The third kappa shape index (κ3) is 3.27. The standard InChI is InChI=1S/C13H18BrFN2/c1-2-11-8-16-5-6-17(11)9-10-3-4-13(15)12(14)7-10/h3-4,7,11,16H,2,5-6,8-9H2,1H3. The van der Waals surface area contributed by atoms with Gasteiger partial charge >= 0.3 is 0 Å². The van der Waals surface area contributed by atoms with Crippen molar-refractivity contribution in [3.05, 3.63) is 34.1 Å². The van der Waals surface area contributed by atoms with Crippen LogP contribution in [0.15, 0.2) is 22.7 Å². The molecule has 2 nitrogen and oxygen atoms in total. The van der Waals surface area contributed by atoms with Crippen molar-refractivity contribution in [1.29, 1.82) is 0 Å². The van der Waals surface area contributed by atoms with Crippen molar-refractivity contribution in [2.75, 3.05) is 19.6 Å². The van der Waals surface area contributed by atoms with Crippen molar-refractivity contribution in [2.24, 2.45) is 0 Å². The molecule has 94 valence electrons. The van der Waals surface area contributed by atoms with Gasteiger partial charge in [-0.05, 0) is 40.0 Å². The van der Waals surface area contributed by atoms with Crippen molar-refractivity contribution in [2.45, 2.75) is 25.9 Å². The van der Waals surface area contributed by atoms with E-state index in [4.69, 9.17) is 0 Å². The summed E-state index contributed by atoms with van der Waals surface area (Å²) in [5.41, 5.74) is 1.17. The van der Waals surface area contributed by atoms with Crippen molar-refractivity contribution in [1.82, 2.24) is 10.2 Å². The van der Waals surface area contributed by atoms with E-state index in [1.807, 2.05) is 12.1 Å². The van der Waals surface area contributed by atoms with Gasteiger partial charge in [0.25, 0.3) is 0 Å². The molecule has 1 aromatic rings. The van der Waals surface area contributed by atoms with E-state index in [1.165, 1.54) is 11.6 Å². The normalized spacial score (nSPS) is 21.7. The minimum Gasteiger partial charge on any atom is -0.314 e. The van der Waals surface area contributed by atoms with Gasteiger partial charge in [-0.2, -0.15) is 0 Å². The number of nitrogens with zero attached hydrogens (tertiary/aromatic N) is 1. The lowest BCUT2D eigenvalue weighted by atomic mass is 10.1. The highest BCUT2D eigenvalue weighted by Gasteiger charge is 2.20. The monoisotopic (exact) mass is 300 g/mol. The first kappa shape index (κ1) is 13.0. The molecular formula is C13H18BrFN2. The Morgan fingerprint density at radius 3 is 3.06 bits per heavy atom. The molecule has 1 unspecified atom stereocenters. The summed E-state index contributed by atoms with van der Waals surface area (Å²) in [7, 11) is 0. The maximum absolute atomic E-state index is 13.1. The molecule has 0 aliphatic carbocycles. The Labute approximate surface area is 110 Å². The molecule has 0 saturated carbocycles. The molecule has 1 aromatic carbocycles. The second-order valence-electron chi connectivity index (χ2n) is 4.49. The number of benzene rings is 1. The first-order valence-corrected chi connectivity index (χ1v) is 6.88. The number of piperazine rings is 1. The van der Waals surface area contributed by atoms with Crippen molar-refractivity contribution in [3.8, 4) is 0 Å². The van der Waals surface area contributed by atoms with E-state index in [0.717, 1.165) is 32.6 Å². The predicted octanol–water partition coefficient (Wildman–Crippen LogP) is 2.77. The number of halogens is 2. The minimum absolute atomic E-state index is 0.193. The maximum atomic E-state index is 13.1. The summed E-state index contributed by atoms with van der Waals surface area (Å²) < 4.78 is 13.7. The average Bonchev–Trinajstić information content (AvgIpc) is 2.34. The van der Waals surface area contributed by atoms with E-state index in [2.05, 4.69) is 33.1 Å². The van der Waals surface area contributed by atoms with Gasteiger partial charge in [0.2, 0.25) is 0 Å². The third-order valence-electron chi connectivity index (χ3n) is 3.31. The van der Waals surface area contributed by atoms with Crippen molar-refractivity contribution in [3.63, 3.8) is 0 Å². The van der Waals surface area contributed by atoms with Gasteiger partial charge in [-0.25, -0.2) is 4.39 Å². The molecule has 1 heterocycles. The van der Waals surface area contributed by atoms with Crippen LogP contribution in [0, 0.1) is 5.82 Å². The number of hydrogen-bond donors (Lipinski definition) is 1. The molecule has 0 spiro atoms. The lowest BCUT2D eigenvalue weighted by Gasteiger charge is -2.35. The van der Waals surface area contributed by atoms with E-state index in [-0.39, 0.29) is 5.82 Å². The second kappa shape index (κ2) is 5.94. The van der Waals surface area contributed by atoms with E-state index < -0.39 is 0 Å². The van der Waals surface area contributed by atoms with Crippen LogP contribution in [0.4, 0.5) is 4.39 Å². The van der Waals surface area contributed by atoms with E-state index >= 15 is 0 Å². The topological polar surface area (TPSA) is 15.3 Å². The van der Waals surface area contributed by atoms with E-state index in [9.17, 15) is 4.39 Å². The van der Waals surface area contributed by atoms with Crippen LogP contribution in [-0.4, -0.2) is 30.6 Å². The van der Waals surface area contributed by atoms with Gasteiger partial charge in [0.05, 0.1) is 4.47 Å². The lowest BCUT2D eigenvalue weighted by molar-refractivity contribution is 0.149. The molecule has 0 bridgehead atoms. The fourth-order valence-electron chi connectivity index (χ4n) is 2.29. The van der Waals surface area contributed by atoms with Gasteiger partial charge in [0, 0.05) is 32.2 Å². The Kier molecular flexibility index (Phi) is 4.54. The van der Waals surface area contributed by atoms with Gasteiger partial charge in [0.15, 0.2) is 0 Å². The fraction of sp³-hybridized carbons (Fsp3) is 0.538. The summed E-state index contributed by atoms with van der Waals surface area (Å²) in [6.07, 6.45) is 1.15. The van der Waals surface area contributed by atoms with Gasteiger partial charge in [-0.15, -0.1) is 0 Å². The van der Waals surface area contributed by atoms with Crippen molar-refractivity contribution >= 4 is 15.9 Å². The number of nitrogens with one attached hydrogen (secondary N) is 1. The first-order chi connectivity index (χ1) is 8.20. The fourth-order valence-corrected chi connectivity index (χ4v) is 2.71. The molecule has 1 atom stereocenters. The summed E-state index contributed by atoms with van der Waals surface area (Å²) in [5.74, 6) is -0.193. The molecular weight excluding hydrogens is 283 g/mol. The first-order valence-electron chi connectivity index (χ1n) is 6.09. The van der Waals surface area contributed by atoms with Crippen LogP contribution < -0.4 is 5.32 Å². The highest BCUT2D eigenvalue weighted by atomic mass is 79.9. The summed E-state index contributed by atoms with van der Waals surface area (Å²) in [5, 5.41) is 3.41. The summed E-state index contributed by atoms with van der Waals surface area (Å²) in [6.45, 7) is 6.27. The molecule has 17 heavy (non-hydrogen) atoms. The molecule has 1 aliphatic heterocycles. The zero-order valence-electron chi connectivity index (χ0n) is 10.0. The molecule has 1 saturated heterocycles. The summed E-state index contributed by atoms with van der Waals surface area (Å²) in [6, 6.07) is 5.87. The molecule has 0 radical (unpaired) electrons. The second-order valence-corrected chi connectivity index (χ2v) is 5.34. The Hall–Kier alpha value is -0.450. The highest BCUT2D eigenvalue weighted by Crippen LogP contribution is 2.19. The lowest BCUT2D eigenvalue weighted by Crippen LogP contribution is -2.50. The van der Waals surface area contributed by atoms with Gasteiger partial charge < -0.3 is 5.32 Å². The van der Waals surface area contributed by atoms with E-state index in [1.54, 1.807) is 0 Å². The van der Waals surface area contributed by atoms with Crippen LogP contribution in [0.3, 0.4) is 0 Å². The highest BCUT2D eigenvalue weighted by molar-refractivity contribution is 9.10. The predicted molar refractivity (Wildman–Crippen MR) is 71.5 cm³/mol. The Morgan fingerprint density at radius 1 is 1.53 bits per heavy atom. The van der Waals surface area contributed by atoms with Crippen LogP contribution in [0.25, 0.3) is 0 Å².